The Bertz CT molecular complexity index is 1190. The van der Waals surface area contributed by atoms with Gasteiger partial charge < -0.3 is 25.5 Å². The third-order valence-corrected chi connectivity index (χ3v) is 6.80. The van der Waals surface area contributed by atoms with Crippen molar-refractivity contribution in [2.45, 2.75) is 46.6 Å². The van der Waals surface area contributed by atoms with Gasteiger partial charge in [0.2, 0.25) is 11.7 Å². The van der Waals surface area contributed by atoms with E-state index in [9.17, 15) is 24.8 Å². The highest BCUT2D eigenvalue weighted by atomic mass is 19.1. The Balaban J connectivity index is 1.78. The zero-order valence-corrected chi connectivity index (χ0v) is 23.2. The average molecular weight is 544 g/mol. The number of nitrogens with one attached hydrogen (secondary N) is 2. The number of benzene rings is 2. The van der Waals surface area contributed by atoms with Crippen LogP contribution in [0, 0.1) is 27.3 Å². The number of carbonyl (C=O) groups is 2. The van der Waals surface area contributed by atoms with Crippen molar-refractivity contribution in [1.82, 2.24) is 10.2 Å². The van der Waals surface area contributed by atoms with E-state index in [1.165, 1.54) is 6.07 Å². The van der Waals surface area contributed by atoms with Gasteiger partial charge in [-0.2, -0.15) is 4.39 Å². The Morgan fingerprint density at radius 2 is 1.72 bits per heavy atom. The van der Waals surface area contributed by atoms with Crippen LogP contribution in [0.4, 0.5) is 26.2 Å². The van der Waals surface area contributed by atoms with Gasteiger partial charge in [0.25, 0.3) is 0 Å². The van der Waals surface area contributed by atoms with Crippen molar-refractivity contribution in [3.05, 3.63) is 52.3 Å². The summed E-state index contributed by atoms with van der Waals surface area (Å²) in [6.45, 7) is 10.8. The number of piperazine rings is 1. The van der Waals surface area contributed by atoms with Gasteiger partial charge >= 0.3 is 11.8 Å². The fourth-order valence-electron chi connectivity index (χ4n) is 5.13. The predicted octanol–water partition coefficient (Wildman–Crippen LogP) is 5.19. The van der Waals surface area contributed by atoms with Crippen LogP contribution in [-0.2, 0) is 4.79 Å². The second-order valence-electron chi connectivity index (χ2n) is 11.5. The molecule has 2 atom stereocenters. The Labute approximate surface area is 228 Å². The van der Waals surface area contributed by atoms with Gasteiger partial charge in [-0.1, -0.05) is 39.8 Å². The van der Waals surface area contributed by atoms with Gasteiger partial charge in [0.1, 0.15) is 11.7 Å². The molecule has 0 aromatic heterocycles. The maximum absolute atomic E-state index is 15.5. The number of halogens is 1. The monoisotopic (exact) mass is 543 g/mol. The Hall–Kier alpha value is -3.73. The summed E-state index contributed by atoms with van der Waals surface area (Å²) in [5, 5.41) is 26.1. The summed E-state index contributed by atoms with van der Waals surface area (Å²) in [5.41, 5.74) is 0.633. The summed E-state index contributed by atoms with van der Waals surface area (Å²) in [6, 6.07) is 8.42. The summed E-state index contributed by atoms with van der Waals surface area (Å²) in [4.78, 5) is 39.3. The number of hydrogen-bond acceptors (Lipinski definition) is 6. The maximum Gasteiger partial charge on any atom is 0.405 e. The number of nitro groups is 1. The fraction of sp³-hybridized carbons (Fsp3) is 0.500. The number of nitro benzene ring substituents is 1. The minimum absolute atomic E-state index is 0.0343. The minimum Gasteiger partial charge on any atom is -0.465 e. The van der Waals surface area contributed by atoms with Crippen LogP contribution in [0.2, 0.25) is 0 Å². The molecule has 2 aromatic carbocycles. The number of anilines is 2. The smallest absolute Gasteiger partial charge is 0.405 e. The molecule has 2 amide bonds. The van der Waals surface area contributed by atoms with Crippen LogP contribution in [0.5, 0.6) is 0 Å². The summed E-state index contributed by atoms with van der Waals surface area (Å²) >= 11 is 0. The normalized spacial score (nSPS) is 15.9. The van der Waals surface area contributed by atoms with E-state index in [1.807, 2.05) is 18.9 Å². The molecule has 0 radical (unpaired) electrons. The first kappa shape index (κ1) is 29.8. The third kappa shape index (κ3) is 8.13. The van der Waals surface area contributed by atoms with E-state index in [1.54, 1.807) is 30.3 Å². The first-order chi connectivity index (χ1) is 18.2. The standard InChI is InChI=1S/C28H38FN5O5/c1-18(17-28(2,3)4)16-22(31-27(36)37)26(35)30-20-8-6-19(7-9-20)21-10-11-23(25(24(21)29)34(38)39)33-14-12-32(5)13-15-33/h6-11,18,22,31H,12-17H2,1-5H3,(H,30,35)(H,36,37). The molecule has 0 bridgehead atoms. The quantitative estimate of drug-likeness (QED) is 0.293. The minimum atomic E-state index is -1.29. The summed E-state index contributed by atoms with van der Waals surface area (Å²) < 4.78 is 15.5. The highest BCUT2D eigenvalue weighted by molar-refractivity contribution is 5.96. The van der Waals surface area contributed by atoms with Gasteiger partial charge in [-0.15, -0.1) is 0 Å². The maximum atomic E-state index is 15.5. The van der Waals surface area contributed by atoms with Crippen LogP contribution in [-0.4, -0.2) is 66.2 Å². The van der Waals surface area contributed by atoms with Crippen molar-refractivity contribution >= 4 is 29.1 Å². The summed E-state index contributed by atoms with van der Waals surface area (Å²) in [7, 11) is 1.97. The van der Waals surface area contributed by atoms with Crippen molar-refractivity contribution in [3.8, 4) is 11.1 Å². The van der Waals surface area contributed by atoms with E-state index in [2.05, 4.69) is 36.3 Å². The SMILES string of the molecule is CC(CC(NC(=O)O)C(=O)Nc1ccc(-c2ccc(N3CCN(C)CC3)c([N+](=O)[O-])c2F)cc1)CC(C)(C)C. The van der Waals surface area contributed by atoms with Crippen LogP contribution in [0.15, 0.2) is 36.4 Å². The molecule has 1 aliphatic heterocycles. The van der Waals surface area contributed by atoms with Crippen molar-refractivity contribution in [2.75, 3.05) is 43.4 Å². The van der Waals surface area contributed by atoms with Gasteiger partial charge in [-0.25, -0.2) is 4.79 Å². The summed E-state index contributed by atoms with van der Waals surface area (Å²) in [5.74, 6) is -1.31. The van der Waals surface area contributed by atoms with Crippen molar-refractivity contribution in [2.24, 2.45) is 11.3 Å². The van der Waals surface area contributed by atoms with Crippen molar-refractivity contribution in [3.63, 3.8) is 0 Å². The van der Waals surface area contributed by atoms with Crippen LogP contribution >= 0.6 is 0 Å². The van der Waals surface area contributed by atoms with E-state index >= 15 is 4.39 Å². The topological polar surface area (TPSA) is 128 Å². The zero-order chi connectivity index (χ0) is 28.9. The first-order valence-electron chi connectivity index (χ1n) is 13.1. The number of nitrogens with zero attached hydrogens (tertiary/aromatic N) is 3. The van der Waals surface area contributed by atoms with E-state index in [-0.39, 0.29) is 22.6 Å². The molecule has 1 saturated heterocycles. The third-order valence-electron chi connectivity index (χ3n) is 6.80. The fourth-order valence-corrected chi connectivity index (χ4v) is 5.13. The van der Waals surface area contributed by atoms with Gasteiger partial charge in [0.05, 0.1) is 4.92 Å². The molecule has 0 aliphatic carbocycles. The van der Waals surface area contributed by atoms with Crippen LogP contribution in [0.25, 0.3) is 11.1 Å². The van der Waals surface area contributed by atoms with Crippen LogP contribution < -0.4 is 15.5 Å². The lowest BCUT2D eigenvalue weighted by molar-refractivity contribution is -0.386. The van der Waals surface area contributed by atoms with E-state index in [0.717, 1.165) is 19.5 Å². The largest absolute Gasteiger partial charge is 0.465 e. The molecule has 1 heterocycles. The number of carboxylic acid groups (broad SMARTS) is 1. The molecule has 3 rings (SSSR count). The van der Waals surface area contributed by atoms with Gasteiger partial charge in [0, 0.05) is 37.4 Å². The lowest BCUT2D eigenvalue weighted by Gasteiger charge is -2.33. The number of carbonyl (C=O) groups excluding carboxylic acids is 1. The first-order valence-corrected chi connectivity index (χ1v) is 13.1. The molecule has 1 fully saturated rings. The molecule has 0 spiro atoms. The molecule has 39 heavy (non-hydrogen) atoms. The second kappa shape index (κ2) is 12.4. The molecule has 11 heteroatoms. The van der Waals surface area contributed by atoms with E-state index in [4.69, 9.17) is 0 Å². The highest BCUT2D eigenvalue weighted by Gasteiger charge is 2.29. The zero-order valence-electron chi connectivity index (χ0n) is 23.2. The molecule has 3 N–H and O–H groups in total. The Kier molecular flexibility index (Phi) is 9.49. The van der Waals surface area contributed by atoms with Gasteiger partial charge in [-0.05, 0) is 61.1 Å². The number of hydrogen-bond donors (Lipinski definition) is 3. The van der Waals surface area contributed by atoms with Gasteiger partial charge in [-0.3, -0.25) is 14.9 Å². The van der Waals surface area contributed by atoms with Crippen molar-refractivity contribution in [1.29, 1.82) is 0 Å². The second-order valence-corrected chi connectivity index (χ2v) is 11.5. The predicted molar refractivity (Wildman–Crippen MR) is 150 cm³/mol. The van der Waals surface area contributed by atoms with Crippen LogP contribution in [0.3, 0.4) is 0 Å². The molecule has 1 aliphatic rings. The molecule has 2 aromatic rings. The average Bonchev–Trinajstić information content (AvgIpc) is 2.83. The number of rotatable bonds is 9. The molecule has 0 saturated carbocycles. The van der Waals surface area contributed by atoms with E-state index < -0.39 is 34.5 Å². The van der Waals surface area contributed by atoms with Crippen LogP contribution in [0.1, 0.15) is 40.5 Å². The number of amides is 2. The van der Waals surface area contributed by atoms with Gasteiger partial charge in [0.15, 0.2) is 0 Å². The number of likely N-dealkylation sites (N-methyl/N-ethyl adjacent to an activating group) is 1. The Morgan fingerprint density at radius 1 is 1.10 bits per heavy atom. The Morgan fingerprint density at radius 3 is 2.26 bits per heavy atom. The molecular formula is C28H38FN5O5. The van der Waals surface area contributed by atoms with Crippen molar-refractivity contribution < 1.29 is 24.0 Å². The molecule has 10 nitrogen and oxygen atoms in total. The summed E-state index contributed by atoms with van der Waals surface area (Å²) in [6.07, 6.45) is -0.134. The highest BCUT2D eigenvalue weighted by Crippen LogP contribution is 2.38. The lowest BCUT2D eigenvalue weighted by Crippen LogP contribution is -2.44. The molecular weight excluding hydrogens is 505 g/mol. The molecule has 212 valence electrons. The lowest BCUT2D eigenvalue weighted by atomic mass is 9.83. The molecule has 2 unspecified atom stereocenters. The van der Waals surface area contributed by atoms with E-state index in [0.29, 0.717) is 30.8 Å².